The Labute approximate surface area is 140 Å². The predicted octanol–water partition coefficient (Wildman–Crippen LogP) is 3.70. The van der Waals surface area contributed by atoms with Gasteiger partial charge in [0.15, 0.2) is 0 Å². The van der Waals surface area contributed by atoms with E-state index in [1.165, 1.54) is 12.0 Å². The van der Waals surface area contributed by atoms with Crippen LogP contribution in [-0.2, 0) is 9.47 Å². The second-order valence-electron chi connectivity index (χ2n) is 9.32. The Kier molecular flexibility index (Phi) is 3.54. The van der Waals surface area contributed by atoms with Crippen molar-refractivity contribution >= 4 is 0 Å². The van der Waals surface area contributed by atoms with E-state index in [0.717, 1.165) is 19.3 Å². The fourth-order valence-electron chi connectivity index (χ4n) is 6.09. The highest BCUT2D eigenvalue weighted by Crippen LogP contribution is 2.58. The number of rotatable bonds is 1. The molecule has 4 aliphatic rings. The average Bonchev–Trinajstić information content (AvgIpc) is 3.02. The molecule has 3 nitrogen and oxygen atoms in total. The summed E-state index contributed by atoms with van der Waals surface area (Å²) in [5, 5.41) is 11.0. The summed E-state index contributed by atoms with van der Waals surface area (Å²) in [6.07, 6.45) is 5.16. The Morgan fingerprint density at radius 1 is 1.26 bits per heavy atom. The molecular formula is C20H32O3. The molecule has 0 radical (unpaired) electrons. The first-order valence-electron chi connectivity index (χ1n) is 9.46. The third-order valence-electron chi connectivity index (χ3n) is 7.33. The minimum Gasteiger partial charge on any atom is -0.387 e. The quantitative estimate of drug-likeness (QED) is 0.749. The molecule has 0 unspecified atom stereocenters. The van der Waals surface area contributed by atoms with Crippen LogP contribution in [0.4, 0.5) is 0 Å². The molecule has 1 aliphatic carbocycles. The van der Waals surface area contributed by atoms with E-state index in [1.54, 1.807) is 0 Å². The Balaban J connectivity index is 1.78. The van der Waals surface area contributed by atoms with Gasteiger partial charge < -0.3 is 14.6 Å². The third-order valence-corrected chi connectivity index (χ3v) is 7.33. The van der Waals surface area contributed by atoms with E-state index in [9.17, 15) is 5.11 Å². The number of hydrogen-bond acceptors (Lipinski definition) is 3. The summed E-state index contributed by atoms with van der Waals surface area (Å²) in [5.41, 5.74) is 0.293. The van der Waals surface area contributed by atoms with Gasteiger partial charge >= 0.3 is 0 Å². The SMILES string of the molecule is C=C1CC[C@H](C(C)C)[C@@H]2[C@H]1[C@H]1C[C@](C)(O)[C@H]3CC[C@@](C)(O3)[C@@H]2O1. The number of ether oxygens (including phenoxy) is 2. The fraction of sp³-hybridized carbons (Fsp3) is 0.900. The lowest BCUT2D eigenvalue weighted by Crippen LogP contribution is -2.50. The zero-order valence-corrected chi connectivity index (χ0v) is 15.0. The molecule has 1 N–H and O–H groups in total. The summed E-state index contributed by atoms with van der Waals surface area (Å²) in [7, 11) is 0. The second-order valence-corrected chi connectivity index (χ2v) is 9.32. The van der Waals surface area contributed by atoms with Crippen molar-refractivity contribution in [2.24, 2.45) is 23.7 Å². The maximum Gasteiger partial charge on any atom is 0.0924 e. The van der Waals surface area contributed by atoms with Crippen molar-refractivity contribution in [3.63, 3.8) is 0 Å². The maximum atomic E-state index is 11.0. The molecule has 3 heterocycles. The normalized spacial score (nSPS) is 55.7. The summed E-state index contributed by atoms with van der Waals surface area (Å²) in [6, 6.07) is 0. The van der Waals surface area contributed by atoms with E-state index >= 15 is 0 Å². The molecule has 130 valence electrons. The van der Waals surface area contributed by atoms with Crippen LogP contribution in [0.1, 0.15) is 59.8 Å². The van der Waals surface area contributed by atoms with E-state index in [2.05, 4.69) is 27.4 Å². The molecule has 0 aromatic heterocycles. The number of fused-ring (bicyclic) bond motifs is 8. The first kappa shape index (κ1) is 16.1. The lowest BCUT2D eigenvalue weighted by molar-refractivity contribution is -0.207. The average molecular weight is 320 g/mol. The third kappa shape index (κ3) is 2.26. The molecule has 0 aromatic carbocycles. The van der Waals surface area contributed by atoms with Gasteiger partial charge in [-0.3, -0.25) is 0 Å². The van der Waals surface area contributed by atoms with Crippen molar-refractivity contribution in [2.75, 3.05) is 0 Å². The molecular weight excluding hydrogens is 288 g/mol. The first-order chi connectivity index (χ1) is 10.7. The molecule has 4 bridgehead atoms. The molecule has 4 rings (SSSR count). The van der Waals surface area contributed by atoms with Gasteiger partial charge in [-0.1, -0.05) is 26.0 Å². The summed E-state index contributed by atoms with van der Waals surface area (Å²) in [4.78, 5) is 0. The van der Waals surface area contributed by atoms with E-state index in [0.29, 0.717) is 30.1 Å². The largest absolute Gasteiger partial charge is 0.387 e. The lowest BCUT2D eigenvalue weighted by atomic mass is 9.61. The standard InChI is InChI=1S/C20H32O3/c1-11(2)13-7-6-12(3)16-14-10-19(4,21)15-8-9-20(5,23-15)18(22-14)17(13)16/h11,13-18,21H,3,6-10H2,1-2,4-5H3/t13-,14-,15-,16-,17-,18-,19+,20-/m1/s1. The minimum absolute atomic E-state index is 0.0488. The van der Waals surface area contributed by atoms with E-state index in [1.807, 2.05) is 6.92 Å². The zero-order chi connectivity index (χ0) is 16.6. The van der Waals surface area contributed by atoms with Crippen LogP contribution < -0.4 is 0 Å². The van der Waals surface area contributed by atoms with Crippen molar-refractivity contribution in [3.8, 4) is 0 Å². The Morgan fingerprint density at radius 2 is 2.00 bits per heavy atom. The molecule has 0 aromatic rings. The highest BCUT2D eigenvalue weighted by molar-refractivity contribution is 5.20. The van der Waals surface area contributed by atoms with Gasteiger partial charge in [-0.2, -0.15) is 0 Å². The van der Waals surface area contributed by atoms with Crippen LogP contribution in [0.3, 0.4) is 0 Å². The van der Waals surface area contributed by atoms with E-state index < -0.39 is 5.60 Å². The summed E-state index contributed by atoms with van der Waals surface area (Å²) >= 11 is 0. The smallest absolute Gasteiger partial charge is 0.0924 e. The Morgan fingerprint density at radius 3 is 2.70 bits per heavy atom. The van der Waals surface area contributed by atoms with Gasteiger partial charge in [-0.05, 0) is 57.3 Å². The Bertz CT molecular complexity index is 511. The second kappa shape index (κ2) is 5.06. The van der Waals surface area contributed by atoms with Crippen molar-refractivity contribution in [1.82, 2.24) is 0 Å². The highest BCUT2D eigenvalue weighted by Gasteiger charge is 2.63. The lowest BCUT2D eigenvalue weighted by Gasteiger charge is -2.43. The van der Waals surface area contributed by atoms with Gasteiger partial charge in [0.2, 0.25) is 0 Å². The summed E-state index contributed by atoms with van der Waals surface area (Å²) in [5.74, 6) is 2.22. The zero-order valence-electron chi connectivity index (χ0n) is 15.0. The van der Waals surface area contributed by atoms with Gasteiger partial charge in [0.05, 0.1) is 29.5 Å². The van der Waals surface area contributed by atoms with Gasteiger partial charge in [-0.25, -0.2) is 0 Å². The van der Waals surface area contributed by atoms with E-state index in [4.69, 9.17) is 9.47 Å². The molecule has 0 spiro atoms. The first-order valence-corrected chi connectivity index (χ1v) is 9.46. The number of hydrogen-bond donors (Lipinski definition) is 1. The van der Waals surface area contributed by atoms with Gasteiger partial charge in [0, 0.05) is 12.3 Å². The topological polar surface area (TPSA) is 38.7 Å². The van der Waals surface area contributed by atoms with Crippen molar-refractivity contribution in [3.05, 3.63) is 12.2 Å². The van der Waals surface area contributed by atoms with Crippen molar-refractivity contribution in [2.45, 2.75) is 89.3 Å². The van der Waals surface area contributed by atoms with Crippen LogP contribution in [0, 0.1) is 23.7 Å². The monoisotopic (exact) mass is 320 g/mol. The molecule has 8 atom stereocenters. The molecule has 0 amide bonds. The van der Waals surface area contributed by atoms with Crippen molar-refractivity contribution in [1.29, 1.82) is 0 Å². The van der Waals surface area contributed by atoms with Crippen LogP contribution in [-0.4, -0.2) is 34.6 Å². The highest BCUT2D eigenvalue weighted by atomic mass is 16.6. The van der Waals surface area contributed by atoms with Crippen LogP contribution in [0.25, 0.3) is 0 Å². The summed E-state index contributed by atoms with van der Waals surface area (Å²) < 4.78 is 13.1. The minimum atomic E-state index is -0.798. The van der Waals surface area contributed by atoms with E-state index in [-0.39, 0.29) is 23.9 Å². The predicted molar refractivity (Wildman–Crippen MR) is 90.1 cm³/mol. The van der Waals surface area contributed by atoms with Gasteiger partial charge in [0.1, 0.15) is 0 Å². The molecule has 3 heteroatoms. The van der Waals surface area contributed by atoms with Crippen LogP contribution in [0.15, 0.2) is 12.2 Å². The Hall–Kier alpha value is -0.380. The molecule has 23 heavy (non-hydrogen) atoms. The molecule has 3 saturated heterocycles. The van der Waals surface area contributed by atoms with Crippen LogP contribution >= 0.6 is 0 Å². The summed E-state index contributed by atoms with van der Waals surface area (Å²) in [6.45, 7) is 13.2. The van der Waals surface area contributed by atoms with Gasteiger partial charge in [0.25, 0.3) is 0 Å². The van der Waals surface area contributed by atoms with Crippen molar-refractivity contribution < 1.29 is 14.6 Å². The van der Waals surface area contributed by atoms with Crippen LogP contribution in [0.2, 0.25) is 0 Å². The number of aliphatic hydroxyl groups is 1. The van der Waals surface area contributed by atoms with Crippen LogP contribution in [0.5, 0.6) is 0 Å². The fourth-order valence-corrected chi connectivity index (χ4v) is 6.09. The molecule has 3 aliphatic heterocycles. The van der Waals surface area contributed by atoms with Gasteiger partial charge in [-0.15, -0.1) is 0 Å². The maximum absolute atomic E-state index is 11.0. The molecule has 1 saturated carbocycles. The molecule has 4 fully saturated rings.